The number of carbonyl (C=O) groups excluding carboxylic acids is 3. The molecule has 1 aromatic carbocycles. The van der Waals surface area contributed by atoms with E-state index in [9.17, 15) is 14.4 Å². The van der Waals surface area contributed by atoms with Gasteiger partial charge in [0.25, 0.3) is 5.91 Å². The number of nitrogens with one attached hydrogen (secondary N) is 1. The molecule has 0 spiro atoms. The monoisotopic (exact) mass is 358 g/mol. The molecule has 0 atom stereocenters. The number of hydrogen-bond donors (Lipinski definition) is 1. The van der Waals surface area contributed by atoms with E-state index < -0.39 is 11.8 Å². The maximum atomic E-state index is 12.3. The number of ether oxygens (including phenoxy) is 2. The normalized spacial score (nSPS) is 17.9. The number of rotatable bonds is 5. The average molecular weight is 358 g/mol. The van der Waals surface area contributed by atoms with E-state index in [1.54, 1.807) is 17.0 Å². The number of likely N-dealkylation sites (tertiary alicyclic amines) is 1. The highest BCUT2D eigenvalue weighted by Gasteiger charge is 2.33. The van der Waals surface area contributed by atoms with Crippen molar-refractivity contribution < 1.29 is 23.9 Å². The Morgan fingerprint density at radius 2 is 1.92 bits per heavy atom. The zero-order valence-electron chi connectivity index (χ0n) is 14.7. The summed E-state index contributed by atoms with van der Waals surface area (Å²) in [5, 5.41) is 2.90. The minimum Gasteiger partial charge on any atom is -0.470 e. The van der Waals surface area contributed by atoms with Crippen LogP contribution < -0.4 is 5.32 Å². The van der Waals surface area contributed by atoms with E-state index in [1.807, 2.05) is 18.2 Å². The molecule has 7 nitrogen and oxygen atoms in total. The molecular formula is C19H22N2O5. The molecule has 2 aliphatic rings. The van der Waals surface area contributed by atoms with E-state index in [2.05, 4.69) is 12.2 Å². The van der Waals surface area contributed by atoms with Crippen molar-refractivity contribution in [1.29, 1.82) is 0 Å². The van der Waals surface area contributed by atoms with Crippen molar-refractivity contribution in [2.45, 2.75) is 19.8 Å². The number of Topliss-reactive ketones (excluding diaryl/α,β-unsaturated/α-hetero) is 1. The maximum absolute atomic E-state index is 12.3. The van der Waals surface area contributed by atoms with Crippen molar-refractivity contribution in [1.82, 2.24) is 4.90 Å². The van der Waals surface area contributed by atoms with Crippen molar-refractivity contribution in [2.24, 2.45) is 5.92 Å². The highest BCUT2D eigenvalue weighted by atomic mass is 16.5. The lowest BCUT2D eigenvalue weighted by molar-refractivity contribution is -0.150. The molecule has 0 aromatic heterocycles. The average Bonchev–Trinajstić information content (AvgIpc) is 3.01. The maximum Gasteiger partial charge on any atom is 0.347 e. The van der Waals surface area contributed by atoms with Gasteiger partial charge in [0.15, 0.2) is 18.8 Å². The number of carbonyl (C=O) groups is 3. The summed E-state index contributed by atoms with van der Waals surface area (Å²) in [4.78, 5) is 38.2. The minimum absolute atomic E-state index is 0.0606. The Kier molecular flexibility index (Phi) is 5.55. The molecule has 1 aromatic rings. The molecule has 3 rings (SSSR count). The van der Waals surface area contributed by atoms with Crippen molar-refractivity contribution in [3.05, 3.63) is 41.8 Å². The fourth-order valence-corrected chi connectivity index (χ4v) is 2.92. The van der Waals surface area contributed by atoms with E-state index in [0.29, 0.717) is 24.7 Å². The molecule has 0 radical (unpaired) electrons. The molecule has 0 aliphatic carbocycles. The Morgan fingerprint density at radius 3 is 2.62 bits per heavy atom. The SMILES string of the molecule is CC1CCN(C(=O)COC(=O)C2=C(Nc3ccccc3)OCC2=O)CC1. The molecule has 26 heavy (non-hydrogen) atoms. The first-order chi connectivity index (χ1) is 12.5. The minimum atomic E-state index is -0.843. The number of esters is 1. The van der Waals surface area contributed by atoms with Gasteiger partial charge in [0.1, 0.15) is 0 Å². The number of amides is 1. The fraction of sp³-hybridized carbons (Fsp3) is 0.421. The van der Waals surface area contributed by atoms with Crippen molar-refractivity contribution in [2.75, 3.05) is 31.6 Å². The molecular weight excluding hydrogens is 336 g/mol. The Morgan fingerprint density at radius 1 is 1.23 bits per heavy atom. The standard InChI is InChI=1S/C19H22N2O5/c1-13-7-9-21(10-8-13)16(23)12-26-19(24)17-15(22)11-25-18(17)20-14-5-3-2-4-6-14/h2-6,13,20H,7-12H2,1H3. The van der Waals surface area contributed by atoms with Gasteiger partial charge in [-0.1, -0.05) is 25.1 Å². The number of benzene rings is 1. The van der Waals surface area contributed by atoms with Crippen LogP contribution in [0, 0.1) is 5.92 Å². The van der Waals surface area contributed by atoms with Crippen LogP contribution in [-0.2, 0) is 23.9 Å². The second-order valence-corrected chi connectivity index (χ2v) is 6.55. The quantitative estimate of drug-likeness (QED) is 0.637. The first-order valence-electron chi connectivity index (χ1n) is 8.72. The fourth-order valence-electron chi connectivity index (χ4n) is 2.92. The summed E-state index contributed by atoms with van der Waals surface area (Å²) in [6.45, 7) is 2.90. The highest BCUT2D eigenvalue weighted by Crippen LogP contribution is 2.21. The summed E-state index contributed by atoms with van der Waals surface area (Å²) in [5.41, 5.74) is 0.495. The lowest BCUT2D eigenvalue weighted by Gasteiger charge is -2.30. The molecule has 1 N–H and O–H groups in total. The van der Waals surface area contributed by atoms with Crippen LogP contribution in [0.2, 0.25) is 0 Å². The molecule has 7 heteroatoms. The number of nitrogens with zero attached hydrogens (tertiary/aromatic N) is 1. The van der Waals surface area contributed by atoms with Gasteiger partial charge in [-0.15, -0.1) is 0 Å². The van der Waals surface area contributed by atoms with Crippen LogP contribution in [0.5, 0.6) is 0 Å². The second kappa shape index (κ2) is 8.03. The van der Waals surface area contributed by atoms with E-state index in [0.717, 1.165) is 12.8 Å². The molecule has 0 bridgehead atoms. The first kappa shape index (κ1) is 18.0. The van der Waals surface area contributed by atoms with Crippen LogP contribution >= 0.6 is 0 Å². The summed E-state index contributed by atoms with van der Waals surface area (Å²) in [6.07, 6.45) is 1.89. The summed E-state index contributed by atoms with van der Waals surface area (Å²) in [6, 6.07) is 9.04. The second-order valence-electron chi connectivity index (χ2n) is 6.55. The first-order valence-corrected chi connectivity index (χ1v) is 8.72. The third kappa shape index (κ3) is 4.22. The van der Waals surface area contributed by atoms with Gasteiger partial charge in [-0.05, 0) is 30.9 Å². The third-order valence-corrected chi connectivity index (χ3v) is 4.55. The highest BCUT2D eigenvalue weighted by molar-refractivity contribution is 6.20. The molecule has 138 valence electrons. The lowest BCUT2D eigenvalue weighted by Crippen LogP contribution is -2.40. The predicted molar refractivity (Wildman–Crippen MR) is 94.0 cm³/mol. The molecule has 0 saturated carbocycles. The third-order valence-electron chi connectivity index (χ3n) is 4.55. The molecule has 2 aliphatic heterocycles. The summed E-state index contributed by atoms with van der Waals surface area (Å²) >= 11 is 0. The van der Waals surface area contributed by atoms with Gasteiger partial charge in [-0.25, -0.2) is 4.79 Å². The Bertz CT molecular complexity index is 721. The van der Waals surface area contributed by atoms with E-state index in [1.165, 1.54) is 0 Å². The summed E-state index contributed by atoms with van der Waals surface area (Å²) in [5.74, 6) is -0.885. The largest absolute Gasteiger partial charge is 0.470 e. The van der Waals surface area contributed by atoms with E-state index >= 15 is 0 Å². The van der Waals surface area contributed by atoms with Gasteiger partial charge in [0, 0.05) is 18.8 Å². The molecule has 1 saturated heterocycles. The van der Waals surface area contributed by atoms with E-state index in [4.69, 9.17) is 9.47 Å². The lowest BCUT2D eigenvalue weighted by atomic mass is 9.99. The number of hydrogen-bond acceptors (Lipinski definition) is 6. The Balaban J connectivity index is 1.60. The topological polar surface area (TPSA) is 84.9 Å². The van der Waals surface area contributed by atoms with Crippen LogP contribution in [0.25, 0.3) is 0 Å². The molecule has 0 unspecified atom stereocenters. The Labute approximate surface area is 151 Å². The van der Waals surface area contributed by atoms with Gasteiger partial charge in [-0.3, -0.25) is 9.59 Å². The number of ketones is 1. The van der Waals surface area contributed by atoms with Gasteiger partial charge < -0.3 is 19.7 Å². The van der Waals surface area contributed by atoms with Crippen LogP contribution in [0.3, 0.4) is 0 Å². The number of para-hydroxylation sites is 1. The Hall–Kier alpha value is -2.83. The van der Waals surface area contributed by atoms with Crippen LogP contribution in [-0.4, -0.2) is 48.9 Å². The number of piperidine rings is 1. The predicted octanol–water partition coefficient (Wildman–Crippen LogP) is 1.71. The van der Waals surface area contributed by atoms with Crippen LogP contribution in [0.15, 0.2) is 41.8 Å². The number of anilines is 1. The molecule has 2 heterocycles. The smallest absolute Gasteiger partial charge is 0.347 e. The summed E-state index contributed by atoms with van der Waals surface area (Å²) in [7, 11) is 0. The molecule has 1 amide bonds. The van der Waals surface area contributed by atoms with Crippen molar-refractivity contribution in [3.8, 4) is 0 Å². The zero-order valence-corrected chi connectivity index (χ0v) is 14.7. The van der Waals surface area contributed by atoms with E-state index in [-0.39, 0.29) is 30.6 Å². The van der Waals surface area contributed by atoms with Gasteiger partial charge >= 0.3 is 5.97 Å². The zero-order chi connectivity index (χ0) is 18.5. The van der Waals surface area contributed by atoms with Crippen LogP contribution in [0.1, 0.15) is 19.8 Å². The molecule has 1 fully saturated rings. The van der Waals surface area contributed by atoms with Gasteiger partial charge in [0.2, 0.25) is 11.7 Å². The summed E-state index contributed by atoms with van der Waals surface area (Å²) < 4.78 is 10.3. The van der Waals surface area contributed by atoms with Gasteiger partial charge in [-0.2, -0.15) is 0 Å². The van der Waals surface area contributed by atoms with Crippen molar-refractivity contribution >= 4 is 23.3 Å². The van der Waals surface area contributed by atoms with Crippen LogP contribution in [0.4, 0.5) is 5.69 Å². The van der Waals surface area contributed by atoms with Crippen molar-refractivity contribution in [3.63, 3.8) is 0 Å². The van der Waals surface area contributed by atoms with Gasteiger partial charge in [0.05, 0.1) is 0 Å².